The van der Waals surface area contributed by atoms with Crippen LogP contribution in [0.5, 0.6) is 0 Å². The van der Waals surface area contributed by atoms with E-state index in [1.165, 1.54) is 89.9 Å². The molecule has 0 radical (unpaired) electrons. The van der Waals surface area contributed by atoms with Crippen LogP contribution in [0.4, 0.5) is 0 Å². The largest absolute Gasteiger partial charge is 0.544 e. The molecule has 0 bridgehead atoms. The molecular formula is C52H87NO7. The first-order valence-electron chi connectivity index (χ1n) is 23.7. The van der Waals surface area contributed by atoms with Crippen molar-refractivity contribution in [2.45, 2.75) is 187 Å². The molecule has 0 aromatic carbocycles. The highest BCUT2D eigenvalue weighted by molar-refractivity contribution is 5.70. The number of carboxylic acid groups (broad SMARTS) is 1. The second-order valence-electron chi connectivity index (χ2n) is 16.8. The molecule has 0 fully saturated rings. The summed E-state index contributed by atoms with van der Waals surface area (Å²) in [5, 5.41) is 11.6. The number of carbonyl (C=O) groups excluding carboxylic acids is 3. The second kappa shape index (κ2) is 42.2. The summed E-state index contributed by atoms with van der Waals surface area (Å²) in [5.41, 5.74) is 0. The normalized spacial score (nSPS) is 13.7. The molecule has 0 N–H and O–H groups in total. The molecule has 0 aliphatic heterocycles. The van der Waals surface area contributed by atoms with Gasteiger partial charge in [0.2, 0.25) is 0 Å². The van der Waals surface area contributed by atoms with Crippen LogP contribution in [0.15, 0.2) is 85.1 Å². The number of unbranched alkanes of at least 4 members (excludes halogenated alkanes) is 19. The van der Waals surface area contributed by atoms with Crippen molar-refractivity contribution in [1.82, 2.24) is 0 Å². The Morgan fingerprint density at radius 1 is 0.517 bits per heavy atom. The first-order valence-corrected chi connectivity index (χ1v) is 23.7. The van der Waals surface area contributed by atoms with Gasteiger partial charge in [0.05, 0.1) is 40.3 Å². The number of aliphatic carboxylic acids is 1. The van der Waals surface area contributed by atoms with E-state index in [4.69, 9.17) is 14.2 Å². The zero-order valence-corrected chi connectivity index (χ0v) is 38.8. The maximum Gasteiger partial charge on any atom is 0.306 e. The summed E-state index contributed by atoms with van der Waals surface area (Å²) in [6.07, 6.45) is 54.6. The van der Waals surface area contributed by atoms with Gasteiger partial charge in [0.25, 0.3) is 0 Å². The number of carboxylic acids is 1. The number of ether oxygens (including phenoxy) is 3. The molecule has 2 unspecified atom stereocenters. The topological polar surface area (TPSA) is 102 Å². The van der Waals surface area contributed by atoms with Crippen LogP contribution < -0.4 is 5.11 Å². The number of carbonyl (C=O) groups is 3. The van der Waals surface area contributed by atoms with Crippen molar-refractivity contribution in [2.24, 2.45) is 0 Å². The monoisotopic (exact) mass is 838 g/mol. The van der Waals surface area contributed by atoms with Crippen molar-refractivity contribution in [3.63, 3.8) is 0 Å². The van der Waals surface area contributed by atoms with Crippen LogP contribution in [0.25, 0.3) is 0 Å². The van der Waals surface area contributed by atoms with Crippen LogP contribution in [0.1, 0.15) is 174 Å². The summed E-state index contributed by atoms with van der Waals surface area (Å²) in [5.74, 6) is -1.80. The Bertz CT molecular complexity index is 1250. The minimum absolute atomic E-state index is 0.0227. The molecule has 60 heavy (non-hydrogen) atoms. The molecule has 342 valence electrons. The number of esters is 2. The molecule has 8 heteroatoms. The van der Waals surface area contributed by atoms with Crippen molar-refractivity contribution in [1.29, 1.82) is 0 Å². The highest BCUT2D eigenvalue weighted by atomic mass is 16.6. The van der Waals surface area contributed by atoms with Crippen LogP contribution in [0.2, 0.25) is 0 Å². The van der Waals surface area contributed by atoms with E-state index in [-0.39, 0.29) is 42.7 Å². The lowest BCUT2D eigenvalue weighted by Gasteiger charge is -2.34. The molecule has 0 saturated carbocycles. The van der Waals surface area contributed by atoms with E-state index in [1.54, 1.807) is 21.1 Å². The highest BCUT2D eigenvalue weighted by Crippen LogP contribution is 2.15. The lowest BCUT2D eigenvalue weighted by molar-refractivity contribution is -0.889. The summed E-state index contributed by atoms with van der Waals surface area (Å²) < 4.78 is 17.2. The van der Waals surface area contributed by atoms with Crippen molar-refractivity contribution in [2.75, 3.05) is 41.0 Å². The van der Waals surface area contributed by atoms with Crippen molar-refractivity contribution >= 4 is 17.9 Å². The van der Waals surface area contributed by atoms with Crippen LogP contribution in [-0.2, 0) is 28.6 Å². The van der Waals surface area contributed by atoms with Gasteiger partial charge in [-0.1, -0.05) is 208 Å². The van der Waals surface area contributed by atoms with Gasteiger partial charge >= 0.3 is 11.9 Å². The number of hydrogen-bond acceptors (Lipinski definition) is 7. The fourth-order valence-electron chi connectivity index (χ4n) is 6.58. The lowest BCUT2D eigenvalue weighted by Crippen LogP contribution is -2.55. The van der Waals surface area contributed by atoms with E-state index in [1.807, 2.05) is 72.9 Å². The Balaban J connectivity index is 4.41. The van der Waals surface area contributed by atoms with E-state index in [2.05, 4.69) is 26.0 Å². The zero-order valence-electron chi connectivity index (χ0n) is 38.8. The minimum Gasteiger partial charge on any atom is -0.544 e. The number of likely N-dealkylation sites (N-methyl/N-ethyl adjacent to an activating group) is 1. The van der Waals surface area contributed by atoms with Crippen LogP contribution >= 0.6 is 0 Å². The van der Waals surface area contributed by atoms with Gasteiger partial charge in [0.1, 0.15) is 12.6 Å². The number of hydrogen-bond donors (Lipinski definition) is 0. The maximum atomic E-state index is 12.8. The predicted molar refractivity (Wildman–Crippen MR) is 249 cm³/mol. The second-order valence-corrected chi connectivity index (χ2v) is 16.8. The van der Waals surface area contributed by atoms with Gasteiger partial charge in [-0.15, -0.1) is 0 Å². The Kier molecular flexibility index (Phi) is 39.8. The highest BCUT2D eigenvalue weighted by Gasteiger charge is 2.25. The molecule has 8 nitrogen and oxygen atoms in total. The minimum atomic E-state index is -1.13. The summed E-state index contributed by atoms with van der Waals surface area (Å²) in [4.78, 5) is 36.9. The average molecular weight is 838 g/mol. The van der Waals surface area contributed by atoms with E-state index < -0.39 is 18.1 Å². The molecule has 0 heterocycles. The third-order valence-corrected chi connectivity index (χ3v) is 10.2. The maximum absolute atomic E-state index is 12.8. The SMILES string of the molecule is CC/C=C/C=C/C=C/C=C/C=C/C=C/C=C/CCCCCC(=O)OCC(COCCC(C(=O)[O-])[N+](C)(C)C)OC(=O)CCCCCCCCCCCCCCCCCCC. The standard InChI is InChI=1S/C52H87NO7/c1-6-8-10-12-14-16-18-20-22-24-25-27-28-30-32-34-36-38-40-42-50(54)59-47-48(46-58-45-44-49(52(56)57)53(3,4)5)60-51(55)43-41-39-37-35-33-31-29-26-23-21-19-17-15-13-11-9-7-2/h8,10,12,14,16,18,20,22,24-25,27-28,30,32,48-49H,6-7,9,11,13,15,17,19,21,23,26,29,31,33-47H2,1-5H3/b10-8+,14-12+,18-16+,22-20+,25-24+,28-27+,32-30+. The van der Waals surface area contributed by atoms with E-state index in [9.17, 15) is 19.5 Å². The zero-order chi connectivity index (χ0) is 44.2. The summed E-state index contributed by atoms with van der Waals surface area (Å²) in [7, 11) is 5.39. The molecule has 0 amide bonds. The fraction of sp³-hybridized carbons (Fsp3) is 0.673. The van der Waals surface area contributed by atoms with E-state index in [0.717, 1.165) is 44.9 Å². The van der Waals surface area contributed by atoms with Gasteiger partial charge in [0, 0.05) is 19.3 Å². The van der Waals surface area contributed by atoms with E-state index in [0.29, 0.717) is 19.3 Å². The molecular weight excluding hydrogens is 751 g/mol. The fourth-order valence-corrected chi connectivity index (χ4v) is 6.58. The number of quaternary nitrogens is 1. The molecule has 0 saturated heterocycles. The first-order chi connectivity index (χ1) is 29.1. The Morgan fingerprint density at radius 3 is 1.38 bits per heavy atom. The molecule has 0 aliphatic carbocycles. The van der Waals surface area contributed by atoms with Gasteiger partial charge < -0.3 is 28.6 Å². The molecule has 0 aromatic rings. The summed E-state index contributed by atoms with van der Waals surface area (Å²) >= 11 is 0. The molecule has 2 atom stereocenters. The molecule has 0 rings (SSSR count). The smallest absolute Gasteiger partial charge is 0.306 e. The van der Waals surface area contributed by atoms with Crippen LogP contribution in [0, 0.1) is 0 Å². The third kappa shape index (κ3) is 39.9. The molecule has 0 spiro atoms. The van der Waals surface area contributed by atoms with Crippen molar-refractivity contribution in [3.8, 4) is 0 Å². The molecule has 0 aromatic heterocycles. The van der Waals surface area contributed by atoms with Gasteiger partial charge in [-0.25, -0.2) is 0 Å². The number of rotatable bonds is 41. The summed E-state index contributed by atoms with van der Waals surface area (Å²) in [6, 6.07) is -0.737. The molecule has 0 aliphatic rings. The third-order valence-electron chi connectivity index (χ3n) is 10.2. The number of nitrogens with zero attached hydrogens (tertiary/aromatic N) is 1. The Labute approximate surface area is 367 Å². The first kappa shape index (κ1) is 56.5. The lowest BCUT2D eigenvalue weighted by atomic mass is 10.0. The Morgan fingerprint density at radius 2 is 0.933 bits per heavy atom. The average Bonchev–Trinajstić information content (AvgIpc) is 3.21. The van der Waals surface area contributed by atoms with Crippen molar-refractivity contribution in [3.05, 3.63) is 85.1 Å². The van der Waals surface area contributed by atoms with Gasteiger partial charge in [0.15, 0.2) is 6.10 Å². The Hall–Kier alpha value is -3.49. The quantitative estimate of drug-likeness (QED) is 0.0261. The predicted octanol–water partition coefficient (Wildman–Crippen LogP) is 12.0. The van der Waals surface area contributed by atoms with Crippen molar-refractivity contribution < 1.29 is 38.2 Å². The van der Waals surface area contributed by atoms with Gasteiger partial charge in [-0.2, -0.15) is 0 Å². The van der Waals surface area contributed by atoms with Gasteiger partial charge in [-0.05, 0) is 32.1 Å². The van der Waals surface area contributed by atoms with Gasteiger partial charge in [-0.3, -0.25) is 9.59 Å². The van der Waals surface area contributed by atoms with Crippen LogP contribution in [-0.4, -0.2) is 75.5 Å². The number of allylic oxidation sites excluding steroid dienone is 14. The summed E-state index contributed by atoms with van der Waals surface area (Å²) in [6.45, 7) is 4.47. The van der Waals surface area contributed by atoms with Crippen LogP contribution in [0.3, 0.4) is 0 Å². The van der Waals surface area contributed by atoms with E-state index >= 15 is 0 Å².